The van der Waals surface area contributed by atoms with Crippen LogP contribution in [0.1, 0.15) is 46.1 Å². The van der Waals surface area contributed by atoms with E-state index >= 15 is 0 Å². The van der Waals surface area contributed by atoms with Crippen molar-refractivity contribution in [2.45, 2.75) is 52.7 Å². The van der Waals surface area contributed by atoms with Gasteiger partial charge in [-0.15, -0.1) is 0 Å². The summed E-state index contributed by atoms with van der Waals surface area (Å²) in [4.78, 5) is 5.58. The number of rotatable bonds is 4. The highest BCUT2D eigenvalue weighted by molar-refractivity contribution is 5.89. The van der Waals surface area contributed by atoms with Gasteiger partial charge in [0.1, 0.15) is 11.6 Å². The summed E-state index contributed by atoms with van der Waals surface area (Å²) in [7, 11) is 0. The predicted molar refractivity (Wildman–Crippen MR) is 81.6 cm³/mol. The van der Waals surface area contributed by atoms with Crippen molar-refractivity contribution >= 4 is 5.71 Å². The van der Waals surface area contributed by atoms with Crippen molar-refractivity contribution < 1.29 is 18.4 Å². The molecule has 1 aromatic carbocycles. The summed E-state index contributed by atoms with van der Waals surface area (Å²) in [6, 6.07) is 3.78. The van der Waals surface area contributed by atoms with Gasteiger partial charge in [-0.05, 0) is 31.9 Å². The Balaban J connectivity index is 1.91. The van der Waals surface area contributed by atoms with Gasteiger partial charge in [-0.3, -0.25) is 0 Å². The van der Waals surface area contributed by atoms with E-state index in [2.05, 4.69) is 25.9 Å². The van der Waals surface area contributed by atoms with Crippen molar-refractivity contribution in [1.29, 1.82) is 0 Å². The average Bonchev–Trinajstić information content (AvgIpc) is 2.41. The van der Waals surface area contributed by atoms with Crippen LogP contribution in [0.3, 0.4) is 0 Å². The Labute approximate surface area is 130 Å². The molecule has 5 heteroatoms. The molecule has 2 rings (SSSR count). The second-order valence-electron chi connectivity index (χ2n) is 7.02. The van der Waals surface area contributed by atoms with Gasteiger partial charge < -0.3 is 9.57 Å². The molecule has 0 radical (unpaired) electrons. The molecule has 1 heterocycles. The first kappa shape index (κ1) is 16.9. The number of hydrogen-bond donors (Lipinski definition) is 0. The Bertz CT molecular complexity index is 546. The van der Waals surface area contributed by atoms with Gasteiger partial charge >= 0.3 is 0 Å². The molecule has 0 saturated carbocycles. The molecule has 1 atom stereocenters. The zero-order valence-corrected chi connectivity index (χ0v) is 13.6. The third-order valence-electron chi connectivity index (χ3n) is 3.85. The first-order chi connectivity index (χ1) is 10.2. The molecule has 1 aromatic rings. The number of benzene rings is 1. The quantitative estimate of drug-likeness (QED) is 0.822. The second kappa shape index (κ2) is 6.32. The minimum Gasteiger partial charge on any atom is -0.387 e. The fourth-order valence-corrected chi connectivity index (χ4v) is 2.29. The molecule has 0 spiro atoms. The van der Waals surface area contributed by atoms with Crippen LogP contribution in [0.15, 0.2) is 23.4 Å². The molecule has 0 saturated heterocycles. The summed E-state index contributed by atoms with van der Waals surface area (Å²) in [5.41, 5.74) is 0.389. The first-order valence-electron chi connectivity index (χ1n) is 7.47. The molecule has 0 aliphatic carbocycles. The number of hydrogen-bond acceptors (Lipinski definition) is 3. The molecule has 3 nitrogen and oxygen atoms in total. The van der Waals surface area contributed by atoms with Crippen molar-refractivity contribution in [1.82, 2.24) is 0 Å². The minimum absolute atomic E-state index is 0.0154. The van der Waals surface area contributed by atoms with Gasteiger partial charge in [0, 0.05) is 11.0 Å². The molecule has 0 amide bonds. The van der Waals surface area contributed by atoms with Crippen LogP contribution in [-0.2, 0) is 16.2 Å². The zero-order chi connectivity index (χ0) is 16.4. The maximum absolute atomic E-state index is 13.5. The summed E-state index contributed by atoms with van der Waals surface area (Å²) in [6.45, 7) is 8.29. The van der Waals surface area contributed by atoms with Crippen LogP contribution in [0.4, 0.5) is 8.78 Å². The Morgan fingerprint density at radius 2 is 1.91 bits per heavy atom. The van der Waals surface area contributed by atoms with Crippen molar-refractivity contribution in [3.63, 3.8) is 0 Å². The van der Waals surface area contributed by atoms with E-state index < -0.39 is 17.2 Å². The summed E-state index contributed by atoms with van der Waals surface area (Å²) < 4.78 is 32.5. The number of oxime groups is 1. The van der Waals surface area contributed by atoms with E-state index in [1.54, 1.807) is 0 Å². The van der Waals surface area contributed by atoms with Crippen LogP contribution in [0.5, 0.6) is 0 Å². The standard InChI is InChI=1S/C17H23F2NO2/c1-16(2,3)15-8-9-17(4,22-20-15)11-21-10-12-13(18)6-5-7-14(12)19/h5-7H,8-11H2,1-4H3. The molecular weight excluding hydrogens is 288 g/mol. The highest BCUT2D eigenvalue weighted by atomic mass is 19.1. The van der Waals surface area contributed by atoms with Gasteiger partial charge in [0.25, 0.3) is 0 Å². The molecule has 0 bridgehead atoms. The molecule has 122 valence electrons. The van der Waals surface area contributed by atoms with E-state index in [1.165, 1.54) is 18.2 Å². The van der Waals surface area contributed by atoms with Gasteiger partial charge in [0.15, 0.2) is 5.60 Å². The monoisotopic (exact) mass is 311 g/mol. The summed E-state index contributed by atoms with van der Waals surface area (Å²) in [5, 5.41) is 4.20. The third kappa shape index (κ3) is 4.03. The highest BCUT2D eigenvalue weighted by Crippen LogP contribution is 2.30. The van der Waals surface area contributed by atoms with Crippen LogP contribution < -0.4 is 0 Å². The Morgan fingerprint density at radius 3 is 2.41 bits per heavy atom. The van der Waals surface area contributed by atoms with Crippen LogP contribution in [-0.4, -0.2) is 17.9 Å². The fourth-order valence-electron chi connectivity index (χ4n) is 2.29. The van der Waals surface area contributed by atoms with Crippen molar-refractivity contribution in [2.75, 3.05) is 6.61 Å². The molecule has 0 fully saturated rings. The van der Waals surface area contributed by atoms with Crippen molar-refractivity contribution in [3.8, 4) is 0 Å². The Hall–Kier alpha value is -1.49. The Kier molecular flexibility index (Phi) is 4.85. The lowest BCUT2D eigenvalue weighted by molar-refractivity contribution is -0.101. The van der Waals surface area contributed by atoms with Crippen LogP contribution in [0.25, 0.3) is 0 Å². The maximum Gasteiger partial charge on any atom is 0.158 e. The predicted octanol–water partition coefficient (Wildman–Crippen LogP) is 4.45. The van der Waals surface area contributed by atoms with E-state index in [9.17, 15) is 8.78 Å². The molecular formula is C17H23F2NO2. The highest BCUT2D eigenvalue weighted by Gasteiger charge is 2.34. The van der Waals surface area contributed by atoms with E-state index in [1.807, 2.05) is 6.92 Å². The first-order valence-corrected chi connectivity index (χ1v) is 7.47. The summed E-state index contributed by atoms with van der Waals surface area (Å²) in [5.74, 6) is -1.19. The van der Waals surface area contributed by atoms with E-state index in [0.29, 0.717) is 0 Å². The third-order valence-corrected chi connectivity index (χ3v) is 3.85. The SMILES string of the molecule is CC1(COCc2c(F)cccc2F)CCC(C(C)(C)C)=NO1. The summed E-state index contributed by atoms with van der Waals surface area (Å²) in [6.07, 6.45) is 1.60. The number of nitrogens with zero attached hydrogens (tertiary/aromatic N) is 1. The van der Waals surface area contributed by atoms with Crippen molar-refractivity contribution in [3.05, 3.63) is 35.4 Å². The average molecular weight is 311 g/mol. The number of halogens is 2. The zero-order valence-electron chi connectivity index (χ0n) is 13.6. The largest absolute Gasteiger partial charge is 0.387 e. The molecule has 1 aliphatic heterocycles. The van der Waals surface area contributed by atoms with Crippen LogP contribution in [0, 0.1) is 17.0 Å². The smallest absolute Gasteiger partial charge is 0.158 e. The number of ether oxygens (including phenoxy) is 1. The van der Waals surface area contributed by atoms with E-state index in [0.717, 1.165) is 18.6 Å². The van der Waals surface area contributed by atoms with E-state index in [-0.39, 0.29) is 24.2 Å². The molecule has 0 N–H and O–H groups in total. The van der Waals surface area contributed by atoms with Gasteiger partial charge in [-0.1, -0.05) is 32.0 Å². The van der Waals surface area contributed by atoms with E-state index in [4.69, 9.17) is 9.57 Å². The Morgan fingerprint density at radius 1 is 1.27 bits per heavy atom. The normalized spacial score (nSPS) is 22.2. The molecule has 0 aromatic heterocycles. The van der Waals surface area contributed by atoms with Gasteiger partial charge in [-0.2, -0.15) is 0 Å². The lowest BCUT2D eigenvalue weighted by atomic mass is 9.84. The van der Waals surface area contributed by atoms with Gasteiger partial charge in [0.05, 0.1) is 18.9 Å². The van der Waals surface area contributed by atoms with Gasteiger partial charge in [-0.25, -0.2) is 8.78 Å². The fraction of sp³-hybridized carbons (Fsp3) is 0.588. The van der Waals surface area contributed by atoms with Crippen LogP contribution >= 0.6 is 0 Å². The molecule has 1 aliphatic rings. The summed E-state index contributed by atoms with van der Waals surface area (Å²) >= 11 is 0. The van der Waals surface area contributed by atoms with Crippen molar-refractivity contribution in [2.24, 2.45) is 10.6 Å². The topological polar surface area (TPSA) is 30.8 Å². The van der Waals surface area contributed by atoms with Crippen LogP contribution in [0.2, 0.25) is 0 Å². The maximum atomic E-state index is 13.5. The lowest BCUT2D eigenvalue weighted by Crippen LogP contribution is -2.39. The second-order valence-corrected chi connectivity index (χ2v) is 7.02. The lowest BCUT2D eigenvalue weighted by Gasteiger charge is -2.34. The minimum atomic E-state index is -0.595. The van der Waals surface area contributed by atoms with Gasteiger partial charge in [0.2, 0.25) is 0 Å². The molecule has 22 heavy (non-hydrogen) atoms. The molecule has 1 unspecified atom stereocenters.